The van der Waals surface area contributed by atoms with E-state index in [2.05, 4.69) is 0 Å². The van der Waals surface area contributed by atoms with Crippen LogP contribution in [0, 0.1) is 0 Å². The Kier molecular flexibility index (Phi) is 6.49. The standard InChI is InChI=1S/C13H20O5/c1-15-4-5-18-9-13(14)10-6-11(16-2)8-12(7-10)17-3/h6-8,13-14H,4-5,9H2,1-3H3. The molecule has 18 heavy (non-hydrogen) atoms. The summed E-state index contributed by atoms with van der Waals surface area (Å²) in [7, 11) is 4.74. The second kappa shape index (κ2) is 7.92. The highest BCUT2D eigenvalue weighted by Crippen LogP contribution is 2.26. The maximum Gasteiger partial charge on any atom is 0.122 e. The normalized spacial score (nSPS) is 12.2. The van der Waals surface area contributed by atoms with E-state index < -0.39 is 6.10 Å². The summed E-state index contributed by atoms with van der Waals surface area (Å²) in [6.07, 6.45) is -0.717. The Bertz CT molecular complexity index is 331. The van der Waals surface area contributed by atoms with Crippen LogP contribution < -0.4 is 9.47 Å². The number of ether oxygens (including phenoxy) is 4. The van der Waals surface area contributed by atoms with Gasteiger partial charge < -0.3 is 24.1 Å². The van der Waals surface area contributed by atoms with Crippen LogP contribution in [0.15, 0.2) is 18.2 Å². The molecule has 102 valence electrons. The Morgan fingerprint density at radius 1 is 1.00 bits per heavy atom. The highest BCUT2D eigenvalue weighted by molar-refractivity contribution is 5.39. The fourth-order valence-electron chi connectivity index (χ4n) is 1.46. The Morgan fingerprint density at radius 3 is 2.11 bits per heavy atom. The molecule has 0 radical (unpaired) electrons. The minimum atomic E-state index is -0.717. The largest absolute Gasteiger partial charge is 0.497 e. The van der Waals surface area contributed by atoms with Crippen molar-refractivity contribution in [2.75, 3.05) is 41.2 Å². The molecule has 0 saturated carbocycles. The molecule has 1 N–H and O–H groups in total. The van der Waals surface area contributed by atoms with Gasteiger partial charge in [-0.05, 0) is 17.7 Å². The van der Waals surface area contributed by atoms with Gasteiger partial charge in [0.05, 0.1) is 34.0 Å². The lowest BCUT2D eigenvalue weighted by Gasteiger charge is -2.14. The van der Waals surface area contributed by atoms with Crippen LogP contribution in [-0.2, 0) is 9.47 Å². The van der Waals surface area contributed by atoms with Crippen LogP contribution in [0.4, 0.5) is 0 Å². The molecule has 0 aromatic heterocycles. The Labute approximate surface area is 107 Å². The van der Waals surface area contributed by atoms with Crippen molar-refractivity contribution in [1.29, 1.82) is 0 Å². The lowest BCUT2D eigenvalue weighted by atomic mass is 10.1. The molecule has 0 amide bonds. The molecule has 0 aliphatic carbocycles. The molecule has 5 nitrogen and oxygen atoms in total. The molecule has 0 heterocycles. The van der Waals surface area contributed by atoms with E-state index in [0.29, 0.717) is 30.3 Å². The van der Waals surface area contributed by atoms with Gasteiger partial charge in [0.1, 0.15) is 17.6 Å². The molecule has 0 spiro atoms. The third-order valence-corrected chi connectivity index (χ3v) is 2.47. The first-order valence-electron chi connectivity index (χ1n) is 5.69. The molecule has 0 aliphatic rings. The van der Waals surface area contributed by atoms with Gasteiger partial charge in [-0.2, -0.15) is 0 Å². The minimum Gasteiger partial charge on any atom is -0.497 e. The average Bonchev–Trinajstić information content (AvgIpc) is 2.42. The lowest BCUT2D eigenvalue weighted by Crippen LogP contribution is -2.10. The molecule has 1 unspecified atom stereocenters. The first-order valence-corrected chi connectivity index (χ1v) is 5.69. The van der Waals surface area contributed by atoms with E-state index in [1.165, 1.54) is 0 Å². The zero-order chi connectivity index (χ0) is 13.4. The van der Waals surface area contributed by atoms with Gasteiger partial charge in [-0.15, -0.1) is 0 Å². The van der Waals surface area contributed by atoms with Crippen LogP contribution in [0.3, 0.4) is 0 Å². The van der Waals surface area contributed by atoms with E-state index in [1.807, 2.05) is 0 Å². The second-order valence-corrected chi connectivity index (χ2v) is 3.73. The molecule has 0 saturated heterocycles. The number of hydrogen-bond acceptors (Lipinski definition) is 5. The monoisotopic (exact) mass is 256 g/mol. The predicted octanol–water partition coefficient (Wildman–Crippen LogP) is 1.40. The fraction of sp³-hybridized carbons (Fsp3) is 0.538. The third kappa shape index (κ3) is 4.52. The third-order valence-electron chi connectivity index (χ3n) is 2.47. The van der Waals surface area contributed by atoms with E-state index in [4.69, 9.17) is 18.9 Å². The van der Waals surface area contributed by atoms with Crippen molar-refractivity contribution in [3.63, 3.8) is 0 Å². The molecule has 0 bridgehead atoms. The van der Waals surface area contributed by atoms with Crippen molar-refractivity contribution in [3.8, 4) is 11.5 Å². The smallest absolute Gasteiger partial charge is 0.122 e. The highest BCUT2D eigenvalue weighted by atomic mass is 16.5. The molecule has 1 aromatic carbocycles. The van der Waals surface area contributed by atoms with Crippen molar-refractivity contribution in [1.82, 2.24) is 0 Å². The number of aliphatic hydroxyl groups excluding tert-OH is 1. The maximum absolute atomic E-state index is 9.98. The van der Waals surface area contributed by atoms with E-state index >= 15 is 0 Å². The summed E-state index contributed by atoms with van der Waals surface area (Å²) >= 11 is 0. The summed E-state index contributed by atoms with van der Waals surface area (Å²) in [6.45, 7) is 1.17. The van der Waals surface area contributed by atoms with Crippen LogP contribution in [0.5, 0.6) is 11.5 Å². The highest BCUT2D eigenvalue weighted by Gasteiger charge is 2.11. The first-order chi connectivity index (χ1) is 8.71. The van der Waals surface area contributed by atoms with Crippen LogP contribution in [0.1, 0.15) is 11.7 Å². The van der Waals surface area contributed by atoms with Crippen molar-refractivity contribution in [2.45, 2.75) is 6.10 Å². The number of rotatable bonds is 8. The van der Waals surface area contributed by atoms with Gasteiger partial charge in [0.15, 0.2) is 0 Å². The second-order valence-electron chi connectivity index (χ2n) is 3.73. The first kappa shape index (κ1) is 14.8. The summed E-state index contributed by atoms with van der Waals surface area (Å²) in [4.78, 5) is 0. The van der Waals surface area contributed by atoms with Crippen molar-refractivity contribution in [3.05, 3.63) is 23.8 Å². The zero-order valence-electron chi connectivity index (χ0n) is 11.0. The van der Waals surface area contributed by atoms with E-state index in [9.17, 15) is 5.11 Å². The zero-order valence-corrected chi connectivity index (χ0v) is 11.0. The van der Waals surface area contributed by atoms with Gasteiger partial charge >= 0.3 is 0 Å². The van der Waals surface area contributed by atoms with E-state index in [1.54, 1.807) is 39.5 Å². The number of hydrogen-bond donors (Lipinski definition) is 1. The summed E-state index contributed by atoms with van der Waals surface area (Å²) in [6, 6.07) is 5.27. The number of methoxy groups -OCH3 is 3. The summed E-state index contributed by atoms with van der Waals surface area (Å²) in [5.74, 6) is 1.28. The average molecular weight is 256 g/mol. The van der Waals surface area contributed by atoms with Crippen molar-refractivity contribution >= 4 is 0 Å². The van der Waals surface area contributed by atoms with Gasteiger partial charge in [-0.3, -0.25) is 0 Å². The van der Waals surface area contributed by atoms with Gasteiger partial charge in [0.2, 0.25) is 0 Å². The van der Waals surface area contributed by atoms with Crippen LogP contribution in [0.25, 0.3) is 0 Å². The van der Waals surface area contributed by atoms with Gasteiger partial charge in [0.25, 0.3) is 0 Å². The quantitative estimate of drug-likeness (QED) is 0.712. The Morgan fingerprint density at radius 2 is 1.61 bits per heavy atom. The molecule has 0 fully saturated rings. The Balaban J connectivity index is 2.63. The molecule has 0 aliphatic heterocycles. The molecular weight excluding hydrogens is 236 g/mol. The van der Waals surface area contributed by atoms with Crippen LogP contribution in [0.2, 0.25) is 0 Å². The number of aliphatic hydroxyl groups is 1. The summed E-state index contributed by atoms with van der Waals surface area (Å²) in [5.41, 5.74) is 0.698. The van der Waals surface area contributed by atoms with Gasteiger partial charge in [-0.25, -0.2) is 0 Å². The van der Waals surface area contributed by atoms with Crippen molar-refractivity contribution in [2.24, 2.45) is 0 Å². The Hall–Kier alpha value is -1.30. The van der Waals surface area contributed by atoms with Gasteiger partial charge in [0, 0.05) is 13.2 Å². The topological polar surface area (TPSA) is 57.2 Å². The summed E-state index contributed by atoms with van der Waals surface area (Å²) in [5, 5.41) is 9.98. The number of benzene rings is 1. The van der Waals surface area contributed by atoms with Crippen molar-refractivity contribution < 1.29 is 24.1 Å². The molecular formula is C13H20O5. The maximum atomic E-state index is 9.98. The SMILES string of the molecule is COCCOCC(O)c1cc(OC)cc(OC)c1. The summed E-state index contributed by atoms with van der Waals surface area (Å²) < 4.78 is 20.4. The van der Waals surface area contributed by atoms with E-state index in [0.717, 1.165) is 0 Å². The molecule has 1 aromatic rings. The molecule has 5 heteroatoms. The van der Waals surface area contributed by atoms with Gasteiger partial charge in [-0.1, -0.05) is 0 Å². The minimum absolute atomic E-state index is 0.208. The lowest BCUT2D eigenvalue weighted by molar-refractivity contribution is 0.0125. The van der Waals surface area contributed by atoms with E-state index in [-0.39, 0.29) is 6.61 Å². The predicted molar refractivity (Wildman–Crippen MR) is 67.2 cm³/mol. The fourth-order valence-corrected chi connectivity index (χ4v) is 1.46. The molecule has 1 rings (SSSR count). The molecule has 1 atom stereocenters. The van der Waals surface area contributed by atoms with Crippen LogP contribution >= 0.6 is 0 Å². The van der Waals surface area contributed by atoms with Crippen LogP contribution in [-0.4, -0.2) is 46.3 Å².